The quantitative estimate of drug-likeness (QED) is 0.278. The Morgan fingerprint density at radius 2 is 1.85 bits per heavy atom. The van der Waals surface area contributed by atoms with Crippen LogP contribution in [-0.2, 0) is 0 Å². The fourth-order valence-electron chi connectivity index (χ4n) is 6.50. The van der Waals surface area contributed by atoms with E-state index in [0.717, 1.165) is 53.3 Å². The van der Waals surface area contributed by atoms with Gasteiger partial charge in [-0.3, -0.25) is 15.0 Å². The number of hydrogen-bond donors (Lipinski definition) is 3. The third-order valence-electron chi connectivity index (χ3n) is 9.15. The summed E-state index contributed by atoms with van der Waals surface area (Å²) in [5.41, 5.74) is 8.02. The monoisotopic (exact) mass is 549 g/mol. The van der Waals surface area contributed by atoms with Gasteiger partial charge in [0.2, 0.25) is 0 Å². The fourth-order valence-corrected chi connectivity index (χ4v) is 6.50. The van der Waals surface area contributed by atoms with Crippen molar-refractivity contribution in [3.8, 4) is 11.3 Å². The first-order valence-corrected chi connectivity index (χ1v) is 14.7. The molecule has 1 aliphatic carbocycles. The molecule has 41 heavy (non-hydrogen) atoms. The molecule has 2 atom stereocenters. The molecule has 1 saturated carbocycles. The summed E-state index contributed by atoms with van der Waals surface area (Å²) >= 11 is 0. The van der Waals surface area contributed by atoms with Crippen molar-refractivity contribution in [2.24, 2.45) is 10.4 Å². The molecule has 0 aromatic carbocycles. The summed E-state index contributed by atoms with van der Waals surface area (Å²) in [6.07, 6.45) is 15.7. The Balaban J connectivity index is 1.37. The molecule has 8 heteroatoms. The number of aliphatic imine (C=N–C) groups is 1. The van der Waals surface area contributed by atoms with E-state index in [2.05, 4.69) is 58.6 Å². The zero-order valence-electron chi connectivity index (χ0n) is 23.8. The van der Waals surface area contributed by atoms with Crippen LogP contribution in [0.2, 0.25) is 0 Å². The van der Waals surface area contributed by atoms with Gasteiger partial charge in [0.15, 0.2) is 0 Å². The number of pyridine rings is 3. The van der Waals surface area contributed by atoms with Crippen molar-refractivity contribution in [3.63, 3.8) is 0 Å². The molecule has 7 nitrogen and oxygen atoms in total. The topological polar surface area (TPSA) is 90.9 Å². The Morgan fingerprint density at radius 3 is 2.63 bits per heavy atom. The van der Waals surface area contributed by atoms with Crippen LogP contribution >= 0.6 is 0 Å². The number of piperidine rings is 1. The van der Waals surface area contributed by atoms with E-state index >= 15 is 0 Å². The van der Waals surface area contributed by atoms with E-state index in [-0.39, 0.29) is 23.2 Å². The van der Waals surface area contributed by atoms with Gasteiger partial charge in [0.05, 0.1) is 12.2 Å². The van der Waals surface area contributed by atoms with E-state index in [1.54, 1.807) is 6.20 Å². The minimum absolute atomic E-state index is 0.0387. The molecule has 2 fully saturated rings. The molecule has 7 rings (SSSR count). The van der Waals surface area contributed by atoms with Crippen LogP contribution in [0.5, 0.6) is 0 Å². The summed E-state index contributed by atoms with van der Waals surface area (Å²) in [4.78, 5) is 22.3. The molecule has 4 aromatic heterocycles. The molecule has 3 N–H and O–H groups in total. The Hall–Kier alpha value is -3.91. The lowest BCUT2D eigenvalue weighted by atomic mass is 9.77. The average molecular weight is 550 g/mol. The summed E-state index contributed by atoms with van der Waals surface area (Å²) in [5.74, 6) is 1.23. The lowest BCUT2D eigenvalue weighted by molar-refractivity contribution is 0.223. The normalized spacial score (nSPS) is 23.4. The first kappa shape index (κ1) is 26.0. The zero-order chi connectivity index (χ0) is 28.1. The first-order chi connectivity index (χ1) is 19.9. The van der Waals surface area contributed by atoms with E-state index in [4.69, 9.17) is 9.98 Å². The summed E-state index contributed by atoms with van der Waals surface area (Å²) in [6, 6.07) is 5.75. The second kappa shape index (κ2) is 10.2. The molecule has 0 amide bonds. The van der Waals surface area contributed by atoms with Crippen LogP contribution in [-0.4, -0.2) is 44.9 Å². The number of halogens is 1. The molecule has 0 radical (unpaired) electrons. The molecular weight excluding hydrogens is 513 g/mol. The van der Waals surface area contributed by atoms with Gasteiger partial charge in [-0.25, -0.2) is 9.37 Å². The molecule has 0 spiro atoms. The van der Waals surface area contributed by atoms with Crippen molar-refractivity contribution in [1.29, 1.82) is 0 Å². The van der Waals surface area contributed by atoms with Crippen molar-refractivity contribution in [2.75, 3.05) is 13.1 Å². The molecule has 4 aromatic rings. The third-order valence-corrected chi connectivity index (χ3v) is 9.15. The van der Waals surface area contributed by atoms with Crippen LogP contribution in [0.3, 0.4) is 0 Å². The molecule has 1 saturated heterocycles. The zero-order valence-corrected chi connectivity index (χ0v) is 23.8. The highest BCUT2D eigenvalue weighted by atomic mass is 19.1. The van der Waals surface area contributed by atoms with Gasteiger partial charge in [-0.05, 0) is 66.5 Å². The van der Waals surface area contributed by atoms with E-state index in [1.807, 2.05) is 24.5 Å². The number of amidine groups is 1. The highest BCUT2D eigenvalue weighted by Crippen LogP contribution is 2.42. The Bertz CT molecular complexity index is 1680. The SMILES string of the molecule is CC1C=C(c2ccnc3[nH]c(-c4cncc(F)c4)cc23)NC(=NC2CCNCC2(C)C)c2c1cncc2C1CCC1. The van der Waals surface area contributed by atoms with Crippen molar-refractivity contribution >= 4 is 22.6 Å². The third kappa shape index (κ3) is 4.74. The van der Waals surface area contributed by atoms with Crippen LogP contribution in [0, 0.1) is 11.2 Å². The van der Waals surface area contributed by atoms with Gasteiger partial charge in [0, 0.05) is 70.7 Å². The number of allylic oxidation sites excluding steroid dienone is 1. The van der Waals surface area contributed by atoms with E-state index in [1.165, 1.54) is 48.2 Å². The van der Waals surface area contributed by atoms with Gasteiger partial charge in [-0.2, -0.15) is 0 Å². The smallest absolute Gasteiger partial charge is 0.142 e. The maximum Gasteiger partial charge on any atom is 0.142 e. The second-order valence-electron chi connectivity index (χ2n) is 12.5. The van der Waals surface area contributed by atoms with Gasteiger partial charge in [-0.15, -0.1) is 0 Å². The summed E-state index contributed by atoms with van der Waals surface area (Å²) in [7, 11) is 0. The van der Waals surface area contributed by atoms with Crippen molar-refractivity contribution in [3.05, 3.63) is 83.3 Å². The van der Waals surface area contributed by atoms with E-state index < -0.39 is 0 Å². The predicted molar refractivity (Wildman–Crippen MR) is 161 cm³/mol. The maximum absolute atomic E-state index is 14.0. The number of nitrogens with zero attached hydrogens (tertiary/aromatic N) is 4. The van der Waals surface area contributed by atoms with Crippen molar-refractivity contribution < 1.29 is 4.39 Å². The number of rotatable bonds is 4. The van der Waals surface area contributed by atoms with Crippen LogP contribution in [0.1, 0.15) is 80.5 Å². The molecule has 2 unspecified atom stereocenters. The van der Waals surface area contributed by atoms with Gasteiger partial charge in [0.1, 0.15) is 17.3 Å². The first-order valence-electron chi connectivity index (χ1n) is 14.7. The van der Waals surface area contributed by atoms with Crippen LogP contribution in [0.4, 0.5) is 4.39 Å². The molecule has 0 bridgehead atoms. The summed E-state index contributed by atoms with van der Waals surface area (Å²) < 4.78 is 14.0. The maximum atomic E-state index is 14.0. The molecule has 210 valence electrons. The molecule has 2 aliphatic heterocycles. The predicted octanol–water partition coefficient (Wildman–Crippen LogP) is 6.31. The van der Waals surface area contributed by atoms with Gasteiger partial charge in [-0.1, -0.05) is 33.3 Å². The largest absolute Gasteiger partial charge is 0.340 e. The van der Waals surface area contributed by atoms with Gasteiger partial charge < -0.3 is 15.6 Å². The number of hydrogen-bond acceptors (Lipinski definition) is 5. The number of fused-ring (bicyclic) bond motifs is 2. The van der Waals surface area contributed by atoms with E-state index in [9.17, 15) is 4.39 Å². The molecular formula is C33H36FN7. The minimum Gasteiger partial charge on any atom is -0.340 e. The van der Waals surface area contributed by atoms with Crippen LogP contribution in [0.15, 0.2) is 60.3 Å². The summed E-state index contributed by atoms with van der Waals surface area (Å²) in [5, 5.41) is 8.36. The average Bonchev–Trinajstić information content (AvgIpc) is 3.31. The number of aromatic amines is 1. The van der Waals surface area contributed by atoms with Crippen LogP contribution < -0.4 is 10.6 Å². The van der Waals surface area contributed by atoms with Crippen molar-refractivity contribution in [1.82, 2.24) is 30.6 Å². The second-order valence-corrected chi connectivity index (χ2v) is 12.5. The number of nitrogens with one attached hydrogen (secondary N) is 3. The van der Waals surface area contributed by atoms with Gasteiger partial charge >= 0.3 is 0 Å². The Labute approximate surface area is 239 Å². The number of H-pyrrole nitrogens is 1. The summed E-state index contributed by atoms with van der Waals surface area (Å²) in [6.45, 7) is 8.76. The van der Waals surface area contributed by atoms with Crippen LogP contribution in [0.25, 0.3) is 28.0 Å². The van der Waals surface area contributed by atoms with Gasteiger partial charge in [0.25, 0.3) is 0 Å². The lowest BCUT2D eigenvalue weighted by Gasteiger charge is -2.37. The van der Waals surface area contributed by atoms with Crippen molar-refractivity contribution in [2.45, 2.75) is 64.3 Å². The number of aromatic nitrogens is 4. The molecule has 3 aliphatic rings. The highest BCUT2D eigenvalue weighted by Gasteiger charge is 2.35. The molecule has 6 heterocycles. The Kier molecular flexibility index (Phi) is 6.46. The standard InChI is InChI=1S/C33H36FN7/c1-19-11-28(23-7-10-38-31-24(23)13-27(39-31)21-12-22(34)15-36-14-21)40-32(41-29-8-9-35-18-33(29,2)3)30-25(19)16-37-17-26(30)20-5-4-6-20/h7,10-17,19-20,29,35H,4-6,8-9,18H2,1-3H3,(H,38,39)(H,40,41). The van der Waals surface area contributed by atoms with E-state index in [0.29, 0.717) is 11.5 Å². The fraction of sp³-hybridized carbons (Fsp3) is 0.394. The minimum atomic E-state index is -0.369. The highest BCUT2D eigenvalue weighted by molar-refractivity contribution is 6.08. The lowest BCUT2D eigenvalue weighted by Crippen LogP contribution is -2.46. The Morgan fingerprint density at radius 1 is 1.02 bits per heavy atom.